The Morgan fingerprint density at radius 3 is 2.52 bits per heavy atom. The summed E-state index contributed by atoms with van der Waals surface area (Å²) in [6.07, 6.45) is 0. The molecule has 0 amide bonds. The van der Waals surface area contributed by atoms with Crippen LogP contribution >= 0.6 is 15.9 Å². The molecule has 3 nitrogen and oxygen atoms in total. The summed E-state index contributed by atoms with van der Waals surface area (Å²) in [7, 11) is 0. The van der Waals surface area contributed by atoms with Crippen molar-refractivity contribution in [3.63, 3.8) is 0 Å². The number of hydrogen-bond donors (Lipinski definition) is 1. The van der Waals surface area contributed by atoms with Crippen molar-refractivity contribution in [3.05, 3.63) is 64.1 Å². The maximum Gasteiger partial charge on any atom is 0.159 e. The van der Waals surface area contributed by atoms with Crippen LogP contribution in [0.1, 0.15) is 29.8 Å². The summed E-state index contributed by atoms with van der Waals surface area (Å²) >= 11 is 3.52. The van der Waals surface area contributed by atoms with Crippen LogP contribution in [0.5, 0.6) is 0 Å². The van der Waals surface area contributed by atoms with Gasteiger partial charge >= 0.3 is 0 Å². The van der Waals surface area contributed by atoms with Crippen LogP contribution in [0.2, 0.25) is 0 Å². The molecule has 2 rings (SSSR count). The molecule has 0 fully saturated rings. The maximum atomic E-state index is 11.3. The van der Waals surface area contributed by atoms with Gasteiger partial charge in [0.1, 0.15) is 0 Å². The zero-order valence-electron chi connectivity index (χ0n) is 13.7. The Labute approximate surface area is 146 Å². The molecule has 2 aromatic rings. The van der Waals surface area contributed by atoms with Crippen molar-refractivity contribution in [2.45, 2.75) is 20.4 Å². The number of rotatable bonds is 8. The molecule has 0 spiro atoms. The molecular formula is C19H23BrN2O. The van der Waals surface area contributed by atoms with Gasteiger partial charge in [-0.2, -0.15) is 0 Å². The van der Waals surface area contributed by atoms with Gasteiger partial charge in [0.25, 0.3) is 0 Å². The van der Waals surface area contributed by atoms with Gasteiger partial charge in [0, 0.05) is 35.4 Å². The molecule has 0 aliphatic carbocycles. The lowest BCUT2D eigenvalue weighted by Crippen LogP contribution is -2.28. The number of benzene rings is 2. The average Bonchev–Trinajstić information content (AvgIpc) is 2.54. The van der Waals surface area contributed by atoms with E-state index in [1.807, 2.05) is 30.3 Å². The number of anilines is 1. The van der Waals surface area contributed by atoms with Crippen LogP contribution in [0.25, 0.3) is 0 Å². The Kier molecular flexibility index (Phi) is 6.81. The lowest BCUT2D eigenvalue weighted by molar-refractivity contribution is 0.101. The van der Waals surface area contributed by atoms with E-state index in [4.69, 9.17) is 0 Å². The number of Topliss-reactive ketones (excluding diaryl/α,β-unsaturated/α-hetero) is 1. The molecule has 122 valence electrons. The van der Waals surface area contributed by atoms with Gasteiger partial charge in [0.2, 0.25) is 0 Å². The van der Waals surface area contributed by atoms with Gasteiger partial charge in [-0.1, -0.05) is 35.0 Å². The van der Waals surface area contributed by atoms with Crippen molar-refractivity contribution in [2.75, 3.05) is 25.0 Å². The molecule has 23 heavy (non-hydrogen) atoms. The van der Waals surface area contributed by atoms with Gasteiger partial charge in [-0.05, 0) is 55.4 Å². The number of carbonyl (C=O) groups is 1. The fourth-order valence-electron chi connectivity index (χ4n) is 2.42. The third kappa shape index (κ3) is 5.81. The minimum Gasteiger partial charge on any atom is -0.384 e. The van der Waals surface area contributed by atoms with Crippen molar-refractivity contribution in [1.29, 1.82) is 0 Å². The van der Waals surface area contributed by atoms with Gasteiger partial charge in [-0.25, -0.2) is 0 Å². The van der Waals surface area contributed by atoms with Gasteiger partial charge in [0.15, 0.2) is 5.78 Å². The lowest BCUT2D eigenvalue weighted by atomic mass is 10.1. The quantitative estimate of drug-likeness (QED) is 0.686. The molecule has 2 aromatic carbocycles. The van der Waals surface area contributed by atoms with E-state index < -0.39 is 0 Å². The second kappa shape index (κ2) is 8.85. The molecule has 0 unspecified atom stereocenters. The smallest absolute Gasteiger partial charge is 0.159 e. The first-order chi connectivity index (χ1) is 11.1. The molecule has 0 aromatic heterocycles. The first kappa shape index (κ1) is 17.7. The number of nitrogens with zero attached hydrogens (tertiary/aromatic N) is 1. The Morgan fingerprint density at radius 1 is 1.17 bits per heavy atom. The first-order valence-electron chi connectivity index (χ1n) is 7.90. The largest absolute Gasteiger partial charge is 0.384 e. The molecule has 1 N–H and O–H groups in total. The van der Waals surface area contributed by atoms with E-state index in [1.165, 1.54) is 5.56 Å². The van der Waals surface area contributed by atoms with Gasteiger partial charge in [0.05, 0.1) is 0 Å². The molecular weight excluding hydrogens is 352 g/mol. The maximum absolute atomic E-state index is 11.3. The Bertz CT molecular complexity index is 640. The van der Waals surface area contributed by atoms with Gasteiger partial charge < -0.3 is 5.32 Å². The standard InChI is InChI=1S/C19H23BrN2O/c1-3-22(14-16-5-4-6-18(20)13-16)12-11-21-19-9-7-17(8-10-19)15(2)23/h4-10,13,21H,3,11-12,14H2,1-2H3. The summed E-state index contributed by atoms with van der Waals surface area (Å²) < 4.78 is 1.12. The predicted molar refractivity (Wildman–Crippen MR) is 100 cm³/mol. The van der Waals surface area contributed by atoms with E-state index in [1.54, 1.807) is 6.92 Å². The van der Waals surface area contributed by atoms with Crippen LogP contribution in [-0.2, 0) is 6.54 Å². The zero-order valence-corrected chi connectivity index (χ0v) is 15.3. The number of halogens is 1. The molecule has 0 heterocycles. The molecule has 0 atom stereocenters. The number of nitrogens with one attached hydrogen (secondary N) is 1. The topological polar surface area (TPSA) is 32.3 Å². The van der Waals surface area contributed by atoms with Crippen molar-refractivity contribution < 1.29 is 4.79 Å². The highest BCUT2D eigenvalue weighted by Gasteiger charge is 2.04. The van der Waals surface area contributed by atoms with Gasteiger partial charge in [-0.3, -0.25) is 9.69 Å². The summed E-state index contributed by atoms with van der Waals surface area (Å²) in [5.74, 6) is 0.0998. The minimum atomic E-state index is 0.0998. The highest BCUT2D eigenvalue weighted by atomic mass is 79.9. The van der Waals surface area contributed by atoms with Gasteiger partial charge in [-0.15, -0.1) is 0 Å². The van der Waals surface area contributed by atoms with Crippen LogP contribution < -0.4 is 5.32 Å². The number of likely N-dealkylation sites (N-methyl/N-ethyl adjacent to an activating group) is 1. The summed E-state index contributed by atoms with van der Waals surface area (Å²) in [5.41, 5.74) is 3.11. The SMILES string of the molecule is CCN(CCNc1ccc(C(C)=O)cc1)Cc1cccc(Br)c1. The number of carbonyl (C=O) groups excluding carboxylic acids is 1. The van der Waals surface area contributed by atoms with Crippen LogP contribution in [0.15, 0.2) is 53.0 Å². The van der Waals surface area contributed by atoms with Crippen LogP contribution in [0, 0.1) is 0 Å². The molecule has 0 saturated carbocycles. The third-order valence-corrected chi connectivity index (χ3v) is 4.28. The number of hydrogen-bond acceptors (Lipinski definition) is 3. The molecule has 0 aliphatic rings. The average molecular weight is 375 g/mol. The van der Waals surface area contributed by atoms with Crippen molar-refractivity contribution in [3.8, 4) is 0 Å². The second-order valence-electron chi connectivity index (χ2n) is 5.56. The molecule has 0 saturated heterocycles. The van der Waals surface area contributed by atoms with Crippen LogP contribution in [0.4, 0.5) is 5.69 Å². The molecule has 4 heteroatoms. The Hall–Kier alpha value is -1.65. The highest BCUT2D eigenvalue weighted by molar-refractivity contribution is 9.10. The minimum absolute atomic E-state index is 0.0998. The summed E-state index contributed by atoms with van der Waals surface area (Å²) in [4.78, 5) is 13.7. The van der Waals surface area contributed by atoms with Crippen molar-refractivity contribution in [2.24, 2.45) is 0 Å². The lowest BCUT2D eigenvalue weighted by Gasteiger charge is -2.21. The van der Waals surface area contributed by atoms with Crippen molar-refractivity contribution >= 4 is 27.4 Å². The van der Waals surface area contributed by atoms with Crippen LogP contribution in [-0.4, -0.2) is 30.3 Å². The summed E-state index contributed by atoms with van der Waals surface area (Å²) in [6, 6.07) is 16.1. The van der Waals surface area contributed by atoms with E-state index in [0.29, 0.717) is 0 Å². The van der Waals surface area contributed by atoms with E-state index in [0.717, 1.165) is 41.9 Å². The van der Waals surface area contributed by atoms with Crippen LogP contribution in [0.3, 0.4) is 0 Å². The Balaban J connectivity index is 1.82. The first-order valence-corrected chi connectivity index (χ1v) is 8.69. The fourth-order valence-corrected chi connectivity index (χ4v) is 2.87. The summed E-state index contributed by atoms with van der Waals surface area (Å²) in [5, 5.41) is 3.41. The van der Waals surface area contributed by atoms with E-state index in [-0.39, 0.29) is 5.78 Å². The highest BCUT2D eigenvalue weighted by Crippen LogP contribution is 2.14. The van der Waals surface area contributed by atoms with E-state index in [2.05, 4.69) is 51.3 Å². The molecule has 0 aliphatic heterocycles. The zero-order chi connectivity index (χ0) is 16.7. The van der Waals surface area contributed by atoms with Crippen molar-refractivity contribution in [1.82, 2.24) is 4.90 Å². The number of ketones is 1. The molecule has 0 bridgehead atoms. The second-order valence-corrected chi connectivity index (χ2v) is 6.47. The fraction of sp³-hybridized carbons (Fsp3) is 0.316. The third-order valence-electron chi connectivity index (χ3n) is 3.79. The molecule has 0 radical (unpaired) electrons. The Morgan fingerprint density at radius 2 is 1.91 bits per heavy atom. The van der Waals surface area contributed by atoms with E-state index >= 15 is 0 Å². The predicted octanol–water partition coefficient (Wildman–Crippen LogP) is 4.59. The van der Waals surface area contributed by atoms with E-state index in [9.17, 15) is 4.79 Å². The monoisotopic (exact) mass is 374 g/mol. The normalized spacial score (nSPS) is 10.8. The summed E-state index contributed by atoms with van der Waals surface area (Å²) in [6.45, 7) is 7.57.